The second-order valence-electron chi connectivity index (χ2n) is 3.47. The van der Waals surface area contributed by atoms with Gasteiger partial charge in [-0.25, -0.2) is 4.39 Å². The first-order valence-corrected chi connectivity index (χ1v) is 5.28. The van der Waals surface area contributed by atoms with E-state index in [0.717, 1.165) is 5.69 Å². The van der Waals surface area contributed by atoms with Gasteiger partial charge in [-0.05, 0) is 42.5 Å². The number of hydrogen-bond acceptors (Lipinski definition) is 2. The Kier molecular flexibility index (Phi) is 3.27. The van der Waals surface area contributed by atoms with Gasteiger partial charge in [0, 0.05) is 16.4 Å². The van der Waals surface area contributed by atoms with Gasteiger partial charge in [-0.2, -0.15) is 5.26 Å². The van der Waals surface area contributed by atoms with E-state index in [4.69, 9.17) is 16.9 Å². The summed E-state index contributed by atoms with van der Waals surface area (Å²) >= 11 is 5.76. The van der Waals surface area contributed by atoms with Crippen LogP contribution >= 0.6 is 11.6 Å². The summed E-state index contributed by atoms with van der Waals surface area (Å²) in [6, 6.07) is 13.0. The Morgan fingerprint density at radius 2 is 1.76 bits per heavy atom. The van der Waals surface area contributed by atoms with Crippen molar-refractivity contribution in [3.05, 3.63) is 58.9 Å². The minimum absolute atomic E-state index is 0.279. The largest absolute Gasteiger partial charge is 0.355 e. The highest BCUT2D eigenvalue weighted by Crippen LogP contribution is 2.20. The van der Waals surface area contributed by atoms with Gasteiger partial charge in [-0.3, -0.25) is 0 Å². The van der Waals surface area contributed by atoms with Gasteiger partial charge >= 0.3 is 0 Å². The Labute approximate surface area is 103 Å². The molecule has 0 heterocycles. The number of anilines is 2. The van der Waals surface area contributed by atoms with Crippen molar-refractivity contribution in [1.82, 2.24) is 0 Å². The zero-order valence-electron chi connectivity index (χ0n) is 8.74. The predicted octanol–water partition coefficient (Wildman–Crippen LogP) is 4.09. The van der Waals surface area contributed by atoms with Crippen LogP contribution in [0.5, 0.6) is 0 Å². The third-order valence-electron chi connectivity index (χ3n) is 2.16. The molecule has 2 aromatic rings. The lowest BCUT2D eigenvalue weighted by Gasteiger charge is -2.06. The Balaban J connectivity index is 2.27. The first-order valence-electron chi connectivity index (χ1n) is 4.90. The van der Waals surface area contributed by atoms with Crippen LogP contribution < -0.4 is 5.32 Å². The van der Waals surface area contributed by atoms with Crippen molar-refractivity contribution in [3.63, 3.8) is 0 Å². The monoisotopic (exact) mass is 246 g/mol. The van der Waals surface area contributed by atoms with E-state index in [9.17, 15) is 4.39 Å². The van der Waals surface area contributed by atoms with Crippen LogP contribution in [0.1, 0.15) is 5.56 Å². The summed E-state index contributed by atoms with van der Waals surface area (Å²) in [4.78, 5) is 0. The van der Waals surface area contributed by atoms with Crippen LogP contribution in [-0.4, -0.2) is 0 Å². The molecule has 4 heteroatoms. The highest BCUT2D eigenvalue weighted by molar-refractivity contribution is 6.30. The molecule has 17 heavy (non-hydrogen) atoms. The Bertz CT molecular complexity index is 573. The summed E-state index contributed by atoms with van der Waals surface area (Å²) < 4.78 is 13.2. The van der Waals surface area contributed by atoms with Crippen molar-refractivity contribution in [1.29, 1.82) is 5.26 Å². The highest BCUT2D eigenvalue weighted by Gasteiger charge is 2.01. The Hall–Kier alpha value is -2.05. The smallest absolute Gasteiger partial charge is 0.126 e. The maximum atomic E-state index is 13.2. The number of halogens is 2. The second kappa shape index (κ2) is 4.86. The van der Waals surface area contributed by atoms with Gasteiger partial charge in [0.05, 0.1) is 11.6 Å². The third kappa shape index (κ3) is 2.96. The number of nitriles is 1. The summed E-state index contributed by atoms with van der Waals surface area (Å²) in [7, 11) is 0. The normalized spacial score (nSPS) is 9.71. The van der Waals surface area contributed by atoms with Crippen LogP contribution in [0.4, 0.5) is 15.8 Å². The van der Waals surface area contributed by atoms with Gasteiger partial charge in [0.15, 0.2) is 0 Å². The fraction of sp³-hybridized carbons (Fsp3) is 0. The van der Waals surface area contributed by atoms with Crippen LogP contribution in [0.2, 0.25) is 5.02 Å². The molecule has 2 rings (SSSR count). The van der Waals surface area contributed by atoms with Crippen molar-refractivity contribution < 1.29 is 4.39 Å². The topological polar surface area (TPSA) is 35.8 Å². The van der Waals surface area contributed by atoms with E-state index in [1.54, 1.807) is 30.3 Å². The van der Waals surface area contributed by atoms with Crippen molar-refractivity contribution in [2.75, 3.05) is 5.32 Å². The third-order valence-corrected chi connectivity index (χ3v) is 2.41. The van der Waals surface area contributed by atoms with Crippen LogP contribution in [0.3, 0.4) is 0 Å². The molecular formula is C13H8ClFN2. The molecule has 0 saturated carbocycles. The average Bonchev–Trinajstić information content (AvgIpc) is 2.31. The predicted molar refractivity (Wildman–Crippen MR) is 65.8 cm³/mol. The van der Waals surface area contributed by atoms with E-state index >= 15 is 0 Å². The second-order valence-corrected chi connectivity index (χ2v) is 3.91. The lowest BCUT2D eigenvalue weighted by molar-refractivity contribution is 0.628. The molecule has 84 valence electrons. The zero-order chi connectivity index (χ0) is 12.3. The maximum Gasteiger partial charge on any atom is 0.126 e. The van der Waals surface area contributed by atoms with Gasteiger partial charge in [-0.1, -0.05) is 11.6 Å². The van der Waals surface area contributed by atoms with Crippen molar-refractivity contribution in [2.24, 2.45) is 0 Å². The van der Waals surface area contributed by atoms with Gasteiger partial charge in [0.2, 0.25) is 0 Å². The van der Waals surface area contributed by atoms with Gasteiger partial charge in [-0.15, -0.1) is 0 Å². The molecular weight excluding hydrogens is 239 g/mol. The average molecular weight is 247 g/mol. The summed E-state index contributed by atoms with van der Waals surface area (Å²) in [6.45, 7) is 0. The van der Waals surface area contributed by atoms with Gasteiger partial charge < -0.3 is 5.32 Å². The summed E-state index contributed by atoms with van der Waals surface area (Å²) in [5, 5.41) is 12.4. The Morgan fingerprint density at radius 1 is 1.06 bits per heavy atom. The number of hydrogen-bond donors (Lipinski definition) is 1. The minimum atomic E-state index is -0.444. The molecule has 0 unspecified atom stereocenters. The first kappa shape index (κ1) is 11.4. The zero-order valence-corrected chi connectivity index (χ0v) is 9.50. The Morgan fingerprint density at radius 3 is 2.41 bits per heavy atom. The summed E-state index contributed by atoms with van der Waals surface area (Å²) in [5.74, 6) is -0.444. The summed E-state index contributed by atoms with van der Waals surface area (Å²) in [6.07, 6.45) is 0. The number of benzene rings is 2. The maximum absolute atomic E-state index is 13.2. The van der Waals surface area contributed by atoms with E-state index in [0.29, 0.717) is 10.7 Å². The number of nitrogens with zero attached hydrogens (tertiary/aromatic N) is 1. The molecule has 2 aromatic carbocycles. The van der Waals surface area contributed by atoms with E-state index in [1.165, 1.54) is 12.1 Å². The van der Waals surface area contributed by atoms with Crippen molar-refractivity contribution >= 4 is 23.0 Å². The van der Waals surface area contributed by atoms with Crippen molar-refractivity contribution in [2.45, 2.75) is 0 Å². The molecule has 0 saturated heterocycles. The molecule has 0 spiro atoms. The molecule has 0 radical (unpaired) electrons. The molecule has 1 N–H and O–H groups in total. The van der Waals surface area contributed by atoms with Crippen molar-refractivity contribution in [3.8, 4) is 6.07 Å². The van der Waals surface area contributed by atoms with E-state index < -0.39 is 5.82 Å². The molecule has 2 nitrogen and oxygen atoms in total. The molecule has 0 bridgehead atoms. The molecule has 0 amide bonds. The fourth-order valence-corrected chi connectivity index (χ4v) is 1.55. The molecule has 0 aliphatic carbocycles. The lowest BCUT2D eigenvalue weighted by Crippen LogP contribution is -1.92. The highest BCUT2D eigenvalue weighted by atomic mass is 35.5. The van der Waals surface area contributed by atoms with E-state index in [-0.39, 0.29) is 5.56 Å². The lowest BCUT2D eigenvalue weighted by atomic mass is 10.2. The molecule has 0 atom stereocenters. The molecule has 0 aromatic heterocycles. The van der Waals surface area contributed by atoms with Crippen LogP contribution in [0.25, 0.3) is 0 Å². The van der Waals surface area contributed by atoms with Gasteiger partial charge in [0.25, 0.3) is 0 Å². The van der Waals surface area contributed by atoms with Crippen LogP contribution in [0.15, 0.2) is 42.5 Å². The summed E-state index contributed by atoms with van der Waals surface area (Å²) in [5.41, 5.74) is 1.59. The minimum Gasteiger partial charge on any atom is -0.355 e. The molecule has 0 fully saturated rings. The van der Waals surface area contributed by atoms with E-state index in [2.05, 4.69) is 5.32 Å². The van der Waals surface area contributed by atoms with Crippen LogP contribution in [0, 0.1) is 17.1 Å². The quantitative estimate of drug-likeness (QED) is 0.866. The van der Waals surface area contributed by atoms with E-state index in [1.807, 2.05) is 6.07 Å². The first-order chi connectivity index (χ1) is 8.17. The molecule has 0 aliphatic heterocycles. The SMILES string of the molecule is N#Cc1cc(F)cc(Nc2ccc(Cl)cc2)c1. The number of nitrogens with one attached hydrogen (secondary N) is 1. The fourth-order valence-electron chi connectivity index (χ4n) is 1.43. The van der Waals surface area contributed by atoms with Crippen LogP contribution in [-0.2, 0) is 0 Å². The standard InChI is InChI=1S/C13H8ClFN2/c14-10-1-3-12(4-2-10)17-13-6-9(8-16)5-11(15)7-13/h1-7,17H. The van der Waals surface area contributed by atoms with Gasteiger partial charge in [0.1, 0.15) is 5.82 Å². The molecule has 0 aliphatic rings. The number of rotatable bonds is 2.